The summed E-state index contributed by atoms with van der Waals surface area (Å²) in [7, 11) is 4.03. The molecule has 0 unspecified atom stereocenters. The molecule has 4 heteroatoms. The molecule has 4 nitrogen and oxygen atoms in total. The Balaban J connectivity index is 2.35. The Morgan fingerprint density at radius 1 is 1.28 bits per heavy atom. The fourth-order valence-corrected chi connectivity index (χ4v) is 1.38. The summed E-state index contributed by atoms with van der Waals surface area (Å²) in [6.07, 6.45) is 0.520. The maximum Gasteiger partial charge on any atom is 0.219 e. The third kappa shape index (κ3) is 5.68. The van der Waals surface area contributed by atoms with Crippen molar-refractivity contribution in [1.29, 1.82) is 0 Å². The van der Waals surface area contributed by atoms with Crippen LogP contribution < -0.4 is 10.1 Å². The number of carbonyl (C=O) groups is 1. The number of benzene rings is 1. The van der Waals surface area contributed by atoms with Crippen molar-refractivity contribution in [3.05, 3.63) is 29.8 Å². The van der Waals surface area contributed by atoms with Crippen LogP contribution in [0.1, 0.15) is 18.9 Å². The van der Waals surface area contributed by atoms with Crippen LogP contribution in [0.4, 0.5) is 0 Å². The summed E-state index contributed by atoms with van der Waals surface area (Å²) >= 11 is 0. The summed E-state index contributed by atoms with van der Waals surface area (Å²) in [5.41, 5.74) is 1.08. The number of carbonyl (C=O) groups excluding carboxylic acids is 1. The van der Waals surface area contributed by atoms with Crippen molar-refractivity contribution in [2.45, 2.75) is 19.9 Å². The highest BCUT2D eigenvalue weighted by Crippen LogP contribution is 2.11. The number of ether oxygens (including phenoxy) is 1. The molecule has 0 aliphatic heterocycles. The van der Waals surface area contributed by atoms with Gasteiger partial charge >= 0.3 is 0 Å². The monoisotopic (exact) mass is 250 g/mol. The zero-order chi connectivity index (χ0) is 13.4. The summed E-state index contributed by atoms with van der Waals surface area (Å²) in [6.45, 7) is 3.99. The molecule has 0 bridgehead atoms. The van der Waals surface area contributed by atoms with E-state index in [4.69, 9.17) is 4.74 Å². The van der Waals surface area contributed by atoms with Gasteiger partial charge in [0.15, 0.2) is 0 Å². The van der Waals surface area contributed by atoms with Gasteiger partial charge in [-0.05, 0) is 31.8 Å². The second kappa shape index (κ2) is 7.71. The standard InChI is InChI=1S/C14H22N2O2/c1-4-14(17)15-11-12-5-7-13(8-6-12)18-10-9-16(2)3/h5-8H,4,9-11H2,1-3H3,(H,15,17). The first kappa shape index (κ1) is 14.5. The Labute approximate surface area is 109 Å². The smallest absolute Gasteiger partial charge is 0.219 e. The van der Waals surface area contributed by atoms with E-state index < -0.39 is 0 Å². The molecular weight excluding hydrogens is 228 g/mol. The van der Waals surface area contributed by atoms with Crippen LogP contribution in [0.25, 0.3) is 0 Å². The molecule has 1 aromatic rings. The van der Waals surface area contributed by atoms with Gasteiger partial charge in [-0.3, -0.25) is 4.79 Å². The van der Waals surface area contributed by atoms with Crippen LogP contribution in [0, 0.1) is 0 Å². The van der Waals surface area contributed by atoms with E-state index in [2.05, 4.69) is 10.2 Å². The highest BCUT2D eigenvalue weighted by atomic mass is 16.5. The highest BCUT2D eigenvalue weighted by Gasteiger charge is 1.99. The van der Waals surface area contributed by atoms with Gasteiger partial charge in [0.2, 0.25) is 5.91 Å². The number of nitrogens with zero attached hydrogens (tertiary/aromatic N) is 1. The number of rotatable bonds is 7. The normalized spacial score (nSPS) is 10.4. The van der Waals surface area contributed by atoms with E-state index in [9.17, 15) is 4.79 Å². The minimum absolute atomic E-state index is 0.0707. The third-order valence-corrected chi connectivity index (χ3v) is 2.54. The van der Waals surface area contributed by atoms with E-state index in [1.807, 2.05) is 45.3 Å². The Morgan fingerprint density at radius 2 is 1.94 bits per heavy atom. The zero-order valence-electron chi connectivity index (χ0n) is 11.4. The number of hydrogen-bond donors (Lipinski definition) is 1. The second-order valence-corrected chi connectivity index (χ2v) is 4.43. The van der Waals surface area contributed by atoms with Gasteiger partial charge < -0.3 is 15.0 Å². The molecule has 1 rings (SSSR count). The third-order valence-electron chi connectivity index (χ3n) is 2.54. The van der Waals surface area contributed by atoms with Crippen molar-refractivity contribution in [3.63, 3.8) is 0 Å². The molecule has 0 saturated heterocycles. The molecule has 1 amide bonds. The first-order valence-corrected chi connectivity index (χ1v) is 6.25. The van der Waals surface area contributed by atoms with Gasteiger partial charge in [-0.2, -0.15) is 0 Å². The minimum Gasteiger partial charge on any atom is -0.492 e. The van der Waals surface area contributed by atoms with Crippen molar-refractivity contribution in [2.75, 3.05) is 27.2 Å². The maximum absolute atomic E-state index is 11.1. The fraction of sp³-hybridized carbons (Fsp3) is 0.500. The van der Waals surface area contributed by atoms with E-state index in [0.717, 1.165) is 17.9 Å². The van der Waals surface area contributed by atoms with Crippen molar-refractivity contribution >= 4 is 5.91 Å². The van der Waals surface area contributed by atoms with Gasteiger partial charge in [0.1, 0.15) is 12.4 Å². The maximum atomic E-state index is 11.1. The Morgan fingerprint density at radius 3 is 2.50 bits per heavy atom. The first-order chi connectivity index (χ1) is 8.61. The van der Waals surface area contributed by atoms with Gasteiger partial charge in [-0.25, -0.2) is 0 Å². The van der Waals surface area contributed by atoms with Crippen molar-refractivity contribution in [2.24, 2.45) is 0 Å². The van der Waals surface area contributed by atoms with Gasteiger partial charge in [0, 0.05) is 19.5 Å². The molecule has 1 N–H and O–H groups in total. The molecule has 18 heavy (non-hydrogen) atoms. The number of amides is 1. The summed E-state index contributed by atoms with van der Waals surface area (Å²) in [6, 6.07) is 7.81. The number of nitrogens with one attached hydrogen (secondary N) is 1. The first-order valence-electron chi connectivity index (χ1n) is 6.25. The molecular formula is C14H22N2O2. The van der Waals surface area contributed by atoms with Crippen LogP contribution in [0.5, 0.6) is 5.75 Å². The molecule has 1 aromatic carbocycles. The zero-order valence-corrected chi connectivity index (χ0v) is 11.4. The van der Waals surface area contributed by atoms with Crippen molar-refractivity contribution in [1.82, 2.24) is 10.2 Å². The Bertz CT molecular complexity index is 361. The lowest BCUT2D eigenvalue weighted by Gasteiger charge is -2.11. The lowest BCUT2D eigenvalue weighted by atomic mass is 10.2. The lowest BCUT2D eigenvalue weighted by Crippen LogP contribution is -2.21. The van der Waals surface area contributed by atoms with E-state index in [0.29, 0.717) is 19.6 Å². The second-order valence-electron chi connectivity index (χ2n) is 4.43. The van der Waals surface area contributed by atoms with E-state index >= 15 is 0 Å². The molecule has 0 aliphatic carbocycles. The van der Waals surface area contributed by atoms with Gasteiger partial charge in [-0.1, -0.05) is 19.1 Å². The fourth-order valence-electron chi connectivity index (χ4n) is 1.38. The van der Waals surface area contributed by atoms with Crippen LogP contribution in [0.2, 0.25) is 0 Å². The Hall–Kier alpha value is -1.55. The molecule has 0 atom stereocenters. The largest absolute Gasteiger partial charge is 0.492 e. The molecule has 0 aliphatic rings. The average Bonchev–Trinajstić information content (AvgIpc) is 2.37. The van der Waals surface area contributed by atoms with Crippen LogP contribution in [-0.2, 0) is 11.3 Å². The molecule has 0 heterocycles. The minimum atomic E-state index is 0.0707. The van der Waals surface area contributed by atoms with E-state index in [1.165, 1.54) is 0 Å². The topological polar surface area (TPSA) is 41.6 Å². The van der Waals surface area contributed by atoms with E-state index in [1.54, 1.807) is 0 Å². The molecule has 0 aromatic heterocycles. The summed E-state index contributed by atoms with van der Waals surface area (Å²) < 4.78 is 5.59. The average molecular weight is 250 g/mol. The van der Waals surface area contributed by atoms with Crippen LogP contribution >= 0.6 is 0 Å². The molecule has 0 spiro atoms. The molecule has 0 saturated carbocycles. The Kier molecular flexibility index (Phi) is 6.22. The van der Waals surface area contributed by atoms with Crippen molar-refractivity contribution in [3.8, 4) is 5.75 Å². The van der Waals surface area contributed by atoms with Gasteiger partial charge in [0.25, 0.3) is 0 Å². The van der Waals surface area contributed by atoms with Crippen LogP contribution in [0.15, 0.2) is 24.3 Å². The SMILES string of the molecule is CCC(=O)NCc1ccc(OCCN(C)C)cc1. The highest BCUT2D eigenvalue weighted by molar-refractivity contribution is 5.75. The number of hydrogen-bond acceptors (Lipinski definition) is 3. The van der Waals surface area contributed by atoms with Gasteiger partial charge in [0.05, 0.1) is 0 Å². The van der Waals surface area contributed by atoms with Crippen LogP contribution in [0.3, 0.4) is 0 Å². The van der Waals surface area contributed by atoms with Crippen molar-refractivity contribution < 1.29 is 9.53 Å². The quantitative estimate of drug-likeness (QED) is 0.800. The molecule has 100 valence electrons. The summed E-state index contributed by atoms with van der Waals surface area (Å²) in [4.78, 5) is 13.2. The van der Waals surface area contributed by atoms with E-state index in [-0.39, 0.29) is 5.91 Å². The summed E-state index contributed by atoms with van der Waals surface area (Å²) in [5, 5.41) is 2.84. The van der Waals surface area contributed by atoms with Gasteiger partial charge in [-0.15, -0.1) is 0 Å². The predicted octanol–water partition coefficient (Wildman–Crippen LogP) is 1.65. The van der Waals surface area contributed by atoms with Crippen LogP contribution in [-0.4, -0.2) is 38.1 Å². The summed E-state index contributed by atoms with van der Waals surface area (Å²) in [5.74, 6) is 0.934. The lowest BCUT2D eigenvalue weighted by molar-refractivity contribution is -0.120. The molecule has 0 fully saturated rings. The molecule has 0 radical (unpaired) electrons. The predicted molar refractivity (Wildman–Crippen MR) is 72.6 cm³/mol. The number of likely N-dealkylation sites (N-methyl/N-ethyl adjacent to an activating group) is 1.